The second-order valence-electron chi connectivity index (χ2n) is 6.08. The number of ether oxygens (including phenoxy) is 2. The third-order valence-electron chi connectivity index (χ3n) is 4.08. The molecular weight excluding hydrogens is 416 g/mol. The number of benzene rings is 2. The molecule has 5 rings (SSSR count). The van der Waals surface area contributed by atoms with Crippen molar-refractivity contribution in [3.63, 3.8) is 0 Å². The van der Waals surface area contributed by atoms with Crippen molar-refractivity contribution in [3.05, 3.63) is 65.3 Å². The van der Waals surface area contributed by atoms with Crippen molar-refractivity contribution in [2.24, 2.45) is 0 Å². The Morgan fingerprint density at radius 1 is 1.07 bits per heavy atom. The Bertz CT molecular complexity index is 1150. The molecule has 0 saturated heterocycles. The van der Waals surface area contributed by atoms with Gasteiger partial charge in [0, 0.05) is 10.6 Å². The van der Waals surface area contributed by atoms with Gasteiger partial charge in [0.1, 0.15) is 6.61 Å². The number of rotatable bonds is 5. The predicted molar refractivity (Wildman–Crippen MR) is 104 cm³/mol. The summed E-state index contributed by atoms with van der Waals surface area (Å²) in [6.07, 6.45) is -0.454. The molecule has 2 aromatic carbocycles. The molecule has 29 heavy (non-hydrogen) atoms. The molecule has 0 radical (unpaired) electrons. The normalized spacial score (nSPS) is 15.4. The van der Waals surface area contributed by atoms with Crippen molar-refractivity contribution >= 4 is 23.4 Å². The Morgan fingerprint density at radius 3 is 2.86 bits per heavy atom. The first-order valence-electron chi connectivity index (χ1n) is 8.68. The Balaban J connectivity index is 1.23. The second-order valence-corrected chi connectivity index (χ2v) is 7.44. The minimum Gasteiger partial charge on any atom is -0.485 e. The van der Waals surface area contributed by atoms with Crippen molar-refractivity contribution in [2.45, 2.75) is 17.1 Å². The highest BCUT2D eigenvalue weighted by Crippen LogP contribution is 2.36. The lowest BCUT2D eigenvalue weighted by Crippen LogP contribution is -2.21. The highest BCUT2D eigenvalue weighted by Gasteiger charge is 2.27. The van der Waals surface area contributed by atoms with Gasteiger partial charge in [-0.05, 0) is 24.3 Å². The number of thioether (sulfide) groups is 1. The maximum absolute atomic E-state index is 6.00. The average Bonchev–Trinajstić information content (AvgIpc) is 3.42. The fourth-order valence-corrected chi connectivity index (χ4v) is 3.53. The van der Waals surface area contributed by atoms with Crippen LogP contribution in [0, 0.1) is 0 Å². The number of fused-ring (bicyclic) bond motifs is 1. The third kappa shape index (κ3) is 3.92. The maximum Gasteiger partial charge on any atom is 0.277 e. The van der Waals surface area contributed by atoms with Gasteiger partial charge in [-0.3, -0.25) is 0 Å². The minimum atomic E-state index is -0.454. The average molecular weight is 429 g/mol. The highest BCUT2D eigenvalue weighted by molar-refractivity contribution is 7.98. The van der Waals surface area contributed by atoms with E-state index in [4.69, 9.17) is 30.0 Å². The van der Waals surface area contributed by atoms with Crippen LogP contribution in [0.5, 0.6) is 11.5 Å². The third-order valence-corrected chi connectivity index (χ3v) is 5.11. The zero-order valence-electron chi connectivity index (χ0n) is 14.8. The fraction of sp³-hybridized carbons (Fsp3) is 0.158. The molecule has 0 spiro atoms. The van der Waals surface area contributed by atoms with Crippen molar-refractivity contribution in [3.8, 4) is 22.9 Å². The molecule has 8 nitrogen and oxygen atoms in total. The minimum absolute atomic E-state index is 0.302. The summed E-state index contributed by atoms with van der Waals surface area (Å²) >= 11 is 7.30. The van der Waals surface area contributed by atoms with Crippen LogP contribution in [-0.2, 0) is 5.75 Å². The molecule has 1 unspecified atom stereocenters. The van der Waals surface area contributed by atoms with E-state index >= 15 is 0 Å². The van der Waals surface area contributed by atoms with Gasteiger partial charge >= 0.3 is 0 Å². The van der Waals surface area contributed by atoms with E-state index in [1.54, 1.807) is 12.1 Å². The number of halogens is 1. The molecule has 0 fully saturated rings. The lowest BCUT2D eigenvalue weighted by molar-refractivity contribution is 0.0686. The Labute approximate surface area is 174 Å². The molecule has 1 aliphatic rings. The summed E-state index contributed by atoms with van der Waals surface area (Å²) in [4.78, 5) is 4.37. The highest BCUT2D eigenvalue weighted by atomic mass is 35.5. The Morgan fingerprint density at radius 2 is 1.97 bits per heavy atom. The largest absolute Gasteiger partial charge is 0.485 e. The molecule has 1 aliphatic heterocycles. The first-order chi connectivity index (χ1) is 14.2. The number of nitrogens with zero attached hydrogens (tertiary/aromatic N) is 4. The van der Waals surface area contributed by atoms with E-state index in [9.17, 15) is 0 Å². The van der Waals surface area contributed by atoms with E-state index in [0.29, 0.717) is 51.7 Å². The number of para-hydroxylation sites is 2. The fourth-order valence-electron chi connectivity index (χ4n) is 2.73. The predicted octanol–water partition coefficient (Wildman–Crippen LogP) is 4.58. The molecule has 0 aliphatic carbocycles. The van der Waals surface area contributed by atoms with E-state index in [1.807, 2.05) is 36.4 Å². The van der Waals surface area contributed by atoms with Crippen molar-refractivity contribution in [1.82, 2.24) is 20.3 Å². The molecule has 2 aromatic heterocycles. The Kier molecular flexibility index (Phi) is 4.82. The summed E-state index contributed by atoms with van der Waals surface area (Å²) in [5.74, 6) is 3.00. The van der Waals surface area contributed by atoms with E-state index in [2.05, 4.69) is 20.3 Å². The molecule has 146 valence electrons. The van der Waals surface area contributed by atoms with Gasteiger partial charge in [0.15, 0.2) is 11.5 Å². The van der Waals surface area contributed by atoms with Gasteiger partial charge in [0.2, 0.25) is 17.8 Å². The Hall–Kier alpha value is -3.04. The second kappa shape index (κ2) is 7.76. The van der Waals surface area contributed by atoms with Crippen LogP contribution >= 0.6 is 23.4 Å². The lowest BCUT2D eigenvalue weighted by Gasteiger charge is -2.23. The van der Waals surface area contributed by atoms with Crippen molar-refractivity contribution in [2.75, 3.05) is 6.61 Å². The standard InChI is InChI=1S/C19H13ClN4O4S/c20-12-5-3-4-11(8-12)17-21-16(28-24-17)10-29-19-23-22-18(27-19)15-9-25-13-6-1-2-7-14(13)26-15/h1-8,15H,9-10H2. The number of hydrogen-bond donors (Lipinski definition) is 0. The number of aromatic nitrogens is 4. The van der Waals surface area contributed by atoms with Crippen LogP contribution < -0.4 is 9.47 Å². The molecule has 4 aromatic rings. The molecule has 3 heterocycles. The summed E-state index contributed by atoms with van der Waals surface area (Å²) in [7, 11) is 0. The zero-order chi connectivity index (χ0) is 19.6. The topological polar surface area (TPSA) is 96.3 Å². The zero-order valence-corrected chi connectivity index (χ0v) is 16.4. The van der Waals surface area contributed by atoms with Crippen molar-refractivity contribution in [1.29, 1.82) is 0 Å². The molecule has 10 heteroatoms. The molecule has 0 saturated carbocycles. The summed E-state index contributed by atoms with van der Waals surface area (Å²) in [6, 6.07) is 14.7. The summed E-state index contributed by atoms with van der Waals surface area (Å²) in [5.41, 5.74) is 0.785. The smallest absolute Gasteiger partial charge is 0.277 e. The van der Waals surface area contributed by atoms with Gasteiger partial charge in [0.25, 0.3) is 11.1 Å². The summed E-state index contributed by atoms with van der Waals surface area (Å²) < 4.78 is 22.5. The van der Waals surface area contributed by atoms with Crippen LogP contribution in [0.3, 0.4) is 0 Å². The van der Waals surface area contributed by atoms with E-state index in [-0.39, 0.29) is 0 Å². The van der Waals surface area contributed by atoms with Gasteiger partial charge in [-0.25, -0.2) is 0 Å². The molecule has 0 bridgehead atoms. The number of hydrogen-bond acceptors (Lipinski definition) is 9. The van der Waals surface area contributed by atoms with Gasteiger partial charge in [-0.1, -0.05) is 52.8 Å². The lowest BCUT2D eigenvalue weighted by atomic mass is 10.2. The van der Waals surface area contributed by atoms with E-state index < -0.39 is 6.10 Å². The van der Waals surface area contributed by atoms with Gasteiger partial charge in [-0.15, -0.1) is 10.2 Å². The van der Waals surface area contributed by atoms with E-state index in [1.165, 1.54) is 11.8 Å². The van der Waals surface area contributed by atoms with Crippen molar-refractivity contribution < 1.29 is 18.4 Å². The SMILES string of the molecule is Clc1cccc(-c2noc(CSc3nnc(C4COc5ccccc5O4)o3)n2)c1. The maximum atomic E-state index is 6.00. The first kappa shape index (κ1) is 18.0. The van der Waals surface area contributed by atoms with Crippen LogP contribution in [0.15, 0.2) is 62.7 Å². The molecule has 0 amide bonds. The van der Waals surface area contributed by atoms with Crippen LogP contribution in [-0.4, -0.2) is 26.9 Å². The van der Waals surface area contributed by atoms with Gasteiger partial charge in [0.05, 0.1) is 5.75 Å². The van der Waals surface area contributed by atoms with Crippen LogP contribution in [0.4, 0.5) is 0 Å². The van der Waals surface area contributed by atoms with Gasteiger partial charge < -0.3 is 18.4 Å². The molecule has 0 N–H and O–H groups in total. The quantitative estimate of drug-likeness (QED) is 0.423. The van der Waals surface area contributed by atoms with Crippen LogP contribution in [0.25, 0.3) is 11.4 Å². The summed E-state index contributed by atoms with van der Waals surface area (Å²) in [5, 5.41) is 13.1. The monoisotopic (exact) mass is 428 g/mol. The summed E-state index contributed by atoms with van der Waals surface area (Å²) in [6.45, 7) is 0.302. The molecule has 1 atom stereocenters. The van der Waals surface area contributed by atoms with Crippen LogP contribution in [0.2, 0.25) is 5.02 Å². The first-order valence-corrected chi connectivity index (χ1v) is 10.0. The van der Waals surface area contributed by atoms with E-state index in [0.717, 1.165) is 5.56 Å². The van der Waals surface area contributed by atoms with Gasteiger partial charge in [-0.2, -0.15) is 4.98 Å². The van der Waals surface area contributed by atoms with Crippen LogP contribution in [0.1, 0.15) is 17.9 Å². The molecular formula is C19H13ClN4O4S.